The van der Waals surface area contributed by atoms with E-state index in [0.29, 0.717) is 19.6 Å². The van der Waals surface area contributed by atoms with Crippen molar-refractivity contribution in [2.45, 2.75) is 6.42 Å². The van der Waals surface area contributed by atoms with Crippen LogP contribution in [0.4, 0.5) is 5.69 Å². The molecule has 0 fully saturated rings. The van der Waals surface area contributed by atoms with Crippen LogP contribution in [0.2, 0.25) is 0 Å². The van der Waals surface area contributed by atoms with E-state index in [1.165, 1.54) is 0 Å². The van der Waals surface area contributed by atoms with Crippen molar-refractivity contribution in [1.82, 2.24) is 0 Å². The van der Waals surface area contributed by atoms with E-state index >= 15 is 0 Å². The highest BCUT2D eigenvalue weighted by atomic mass is 79.9. The van der Waals surface area contributed by atoms with Gasteiger partial charge in [-0.1, -0.05) is 28.1 Å². The SMILES string of the molecule is NCCOc1ccc(NC(=O)Cc2cccc(Br)c2)cc1. The molecule has 110 valence electrons. The van der Waals surface area contributed by atoms with Crippen LogP contribution in [0.1, 0.15) is 5.56 Å². The minimum absolute atomic E-state index is 0.0521. The molecular weight excluding hydrogens is 332 g/mol. The molecule has 0 atom stereocenters. The van der Waals surface area contributed by atoms with Crippen LogP contribution >= 0.6 is 15.9 Å². The summed E-state index contributed by atoms with van der Waals surface area (Å²) in [5.41, 5.74) is 7.08. The monoisotopic (exact) mass is 348 g/mol. The Morgan fingerprint density at radius 2 is 1.95 bits per heavy atom. The van der Waals surface area contributed by atoms with Crippen LogP contribution in [0.3, 0.4) is 0 Å². The Kier molecular flexibility index (Phi) is 5.78. The number of rotatable bonds is 6. The van der Waals surface area contributed by atoms with Crippen molar-refractivity contribution >= 4 is 27.5 Å². The van der Waals surface area contributed by atoms with E-state index in [1.807, 2.05) is 48.5 Å². The highest BCUT2D eigenvalue weighted by Gasteiger charge is 2.05. The summed E-state index contributed by atoms with van der Waals surface area (Å²) >= 11 is 3.39. The number of amides is 1. The lowest BCUT2D eigenvalue weighted by molar-refractivity contribution is -0.115. The van der Waals surface area contributed by atoms with Crippen LogP contribution in [0.15, 0.2) is 53.0 Å². The molecule has 0 bridgehead atoms. The Bertz CT molecular complexity index is 599. The Hall–Kier alpha value is -1.85. The van der Waals surface area contributed by atoms with Crippen molar-refractivity contribution in [1.29, 1.82) is 0 Å². The van der Waals surface area contributed by atoms with Crippen LogP contribution in [0.5, 0.6) is 5.75 Å². The van der Waals surface area contributed by atoms with Crippen LogP contribution < -0.4 is 15.8 Å². The maximum Gasteiger partial charge on any atom is 0.228 e. The smallest absolute Gasteiger partial charge is 0.228 e. The quantitative estimate of drug-likeness (QED) is 0.843. The van der Waals surface area contributed by atoms with Gasteiger partial charge in [-0.2, -0.15) is 0 Å². The molecule has 0 spiro atoms. The molecule has 0 radical (unpaired) electrons. The van der Waals surface area contributed by atoms with Gasteiger partial charge in [-0.05, 0) is 42.0 Å². The van der Waals surface area contributed by atoms with Gasteiger partial charge >= 0.3 is 0 Å². The van der Waals surface area contributed by atoms with E-state index in [2.05, 4.69) is 21.2 Å². The third-order valence-corrected chi connectivity index (χ3v) is 3.27. The van der Waals surface area contributed by atoms with Gasteiger partial charge < -0.3 is 15.8 Å². The van der Waals surface area contributed by atoms with Crippen LogP contribution in [-0.2, 0) is 11.2 Å². The third kappa shape index (κ3) is 5.21. The van der Waals surface area contributed by atoms with Crippen molar-refractivity contribution in [2.75, 3.05) is 18.5 Å². The summed E-state index contributed by atoms with van der Waals surface area (Å²) in [4.78, 5) is 12.0. The molecule has 0 aliphatic rings. The molecule has 0 aromatic heterocycles. The minimum Gasteiger partial charge on any atom is -0.492 e. The molecule has 2 aromatic carbocycles. The Morgan fingerprint density at radius 3 is 2.62 bits per heavy atom. The highest BCUT2D eigenvalue weighted by Crippen LogP contribution is 2.16. The van der Waals surface area contributed by atoms with Crippen molar-refractivity contribution in [2.24, 2.45) is 5.73 Å². The van der Waals surface area contributed by atoms with E-state index < -0.39 is 0 Å². The number of nitrogens with one attached hydrogen (secondary N) is 1. The number of carbonyl (C=O) groups is 1. The Labute approximate surface area is 132 Å². The normalized spacial score (nSPS) is 10.2. The average Bonchev–Trinajstić information content (AvgIpc) is 2.46. The van der Waals surface area contributed by atoms with Gasteiger partial charge in [0.25, 0.3) is 0 Å². The first-order valence-electron chi connectivity index (χ1n) is 6.64. The van der Waals surface area contributed by atoms with Crippen molar-refractivity contribution in [3.63, 3.8) is 0 Å². The average molecular weight is 349 g/mol. The van der Waals surface area contributed by atoms with E-state index in [1.54, 1.807) is 0 Å². The van der Waals surface area contributed by atoms with Gasteiger partial charge in [0.1, 0.15) is 12.4 Å². The molecule has 0 saturated carbocycles. The molecule has 0 aliphatic heterocycles. The second-order valence-electron chi connectivity index (χ2n) is 4.52. The second kappa shape index (κ2) is 7.81. The molecule has 2 rings (SSSR count). The first-order valence-corrected chi connectivity index (χ1v) is 7.44. The third-order valence-electron chi connectivity index (χ3n) is 2.78. The van der Waals surface area contributed by atoms with Crippen molar-refractivity contribution in [3.8, 4) is 5.75 Å². The first-order chi connectivity index (χ1) is 10.2. The van der Waals surface area contributed by atoms with E-state index in [9.17, 15) is 4.79 Å². The van der Waals surface area contributed by atoms with E-state index in [4.69, 9.17) is 10.5 Å². The summed E-state index contributed by atoms with van der Waals surface area (Å²) in [5, 5.41) is 2.86. The molecule has 4 nitrogen and oxygen atoms in total. The van der Waals surface area contributed by atoms with Crippen molar-refractivity contribution < 1.29 is 9.53 Å². The number of halogens is 1. The molecule has 5 heteroatoms. The summed E-state index contributed by atoms with van der Waals surface area (Å²) in [5.74, 6) is 0.689. The van der Waals surface area contributed by atoms with Crippen LogP contribution in [0.25, 0.3) is 0 Å². The molecule has 21 heavy (non-hydrogen) atoms. The number of hydrogen-bond donors (Lipinski definition) is 2. The lowest BCUT2D eigenvalue weighted by Gasteiger charge is -2.08. The molecule has 2 aromatic rings. The van der Waals surface area contributed by atoms with Gasteiger partial charge in [0.05, 0.1) is 6.42 Å². The number of carbonyl (C=O) groups excluding carboxylic acids is 1. The topological polar surface area (TPSA) is 64.3 Å². The minimum atomic E-state index is -0.0521. The number of ether oxygens (including phenoxy) is 1. The lowest BCUT2D eigenvalue weighted by Crippen LogP contribution is -2.14. The molecule has 0 unspecified atom stereocenters. The first kappa shape index (κ1) is 15.5. The fourth-order valence-electron chi connectivity index (χ4n) is 1.85. The second-order valence-corrected chi connectivity index (χ2v) is 5.43. The summed E-state index contributed by atoms with van der Waals surface area (Å²) in [6.07, 6.45) is 0.338. The number of anilines is 1. The fourth-order valence-corrected chi connectivity index (χ4v) is 2.30. The van der Waals surface area contributed by atoms with Gasteiger partial charge in [-0.3, -0.25) is 4.79 Å². The molecule has 0 heterocycles. The van der Waals surface area contributed by atoms with Crippen LogP contribution in [0, 0.1) is 0 Å². The van der Waals surface area contributed by atoms with Crippen LogP contribution in [-0.4, -0.2) is 19.1 Å². The summed E-state index contributed by atoms with van der Waals surface area (Å²) in [7, 11) is 0. The van der Waals surface area contributed by atoms with Crippen molar-refractivity contribution in [3.05, 3.63) is 58.6 Å². The highest BCUT2D eigenvalue weighted by molar-refractivity contribution is 9.10. The number of nitrogens with two attached hydrogens (primary N) is 1. The summed E-state index contributed by atoms with van der Waals surface area (Å²) in [6, 6.07) is 14.9. The number of benzene rings is 2. The largest absolute Gasteiger partial charge is 0.492 e. The van der Waals surface area contributed by atoms with Gasteiger partial charge in [0.15, 0.2) is 0 Å². The molecule has 1 amide bonds. The predicted molar refractivity (Wildman–Crippen MR) is 87.5 cm³/mol. The molecule has 0 aliphatic carbocycles. The zero-order chi connectivity index (χ0) is 15.1. The predicted octanol–water partition coefficient (Wildman–Crippen LogP) is 2.97. The van der Waals surface area contributed by atoms with Gasteiger partial charge in [-0.15, -0.1) is 0 Å². The summed E-state index contributed by atoms with van der Waals surface area (Å²) in [6.45, 7) is 0.958. The Morgan fingerprint density at radius 1 is 1.19 bits per heavy atom. The maximum atomic E-state index is 12.0. The van der Waals surface area contributed by atoms with Gasteiger partial charge in [0, 0.05) is 16.7 Å². The zero-order valence-electron chi connectivity index (χ0n) is 11.5. The fraction of sp³-hybridized carbons (Fsp3) is 0.188. The van der Waals surface area contributed by atoms with Gasteiger partial charge in [-0.25, -0.2) is 0 Å². The maximum absolute atomic E-state index is 12.0. The lowest BCUT2D eigenvalue weighted by atomic mass is 10.1. The Balaban J connectivity index is 1.90. The summed E-state index contributed by atoms with van der Waals surface area (Å²) < 4.78 is 6.35. The van der Waals surface area contributed by atoms with Gasteiger partial charge in [0.2, 0.25) is 5.91 Å². The van der Waals surface area contributed by atoms with E-state index in [0.717, 1.165) is 21.5 Å². The zero-order valence-corrected chi connectivity index (χ0v) is 13.1. The molecule has 3 N–H and O–H groups in total. The molecular formula is C16H17BrN2O2. The number of hydrogen-bond acceptors (Lipinski definition) is 3. The standard InChI is InChI=1S/C16H17BrN2O2/c17-13-3-1-2-12(10-13)11-16(20)19-14-4-6-15(7-5-14)21-9-8-18/h1-7,10H,8-9,11,18H2,(H,19,20). The van der Waals surface area contributed by atoms with E-state index in [-0.39, 0.29) is 5.91 Å². The molecule has 0 saturated heterocycles.